The van der Waals surface area contributed by atoms with Crippen LogP contribution in [-0.4, -0.2) is 27.4 Å². The maximum atomic E-state index is 13.3. The van der Waals surface area contributed by atoms with Crippen LogP contribution in [0, 0.1) is 12.7 Å². The summed E-state index contributed by atoms with van der Waals surface area (Å²) in [6.07, 6.45) is 2.84. The minimum absolute atomic E-state index is 0.159. The number of aryl methyl sites for hydroxylation is 1. The molecule has 1 N–H and O–H groups in total. The highest BCUT2D eigenvalue weighted by Gasteiger charge is 2.08. The van der Waals surface area contributed by atoms with E-state index in [2.05, 4.69) is 4.98 Å². The summed E-state index contributed by atoms with van der Waals surface area (Å²) < 4.78 is 20.5. The summed E-state index contributed by atoms with van der Waals surface area (Å²) in [6.45, 7) is 2.61. The van der Waals surface area contributed by atoms with Crippen LogP contribution in [0.3, 0.4) is 0 Å². The number of rotatable bonds is 6. The van der Waals surface area contributed by atoms with Gasteiger partial charge in [-0.05, 0) is 13.0 Å². The maximum Gasteiger partial charge on any atom is 0.128 e. The van der Waals surface area contributed by atoms with Gasteiger partial charge in [0.25, 0.3) is 0 Å². The monoisotopic (exact) mass is 264 g/mol. The molecule has 0 saturated carbocycles. The van der Waals surface area contributed by atoms with Gasteiger partial charge in [-0.25, -0.2) is 9.37 Å². The zero-order valence-electron chi connectivity index (χ0n) is 10.8. The Morgan fingerprint density at radius 2 is 2.21 bits per heavy atom. The second kappa shape index (κ2) is 6.45. The number of aromatic nitrogens is 2. The first kappa shape index (κ1) is 13.7. The van der Waals surface area contributed by atoms with Crippen molar-refractivity contribution in [3.05, 3.63) is 53.9 Å². The van der Waals surface area contributed by atoms with Gasteiger partial charge in [-0.1, -0.05) is 18.2 Å². The lowest BCUT2D eigenvalue weighted by Gasteiger charge is -2.13. The molecule has 19 heavy (non-hydrogen) atoms. The normalized spacial score (nSPS) is 12.6. The fourth-order valence-electron chi connectivity index (χ4n) is 1.80. The van der Waals surface area contributed by atoms with Gasteiger partial charge in [0, 0.05) is 18.0 Å². The highest BCUT2D eigenvalue weighted by molar-refractivity contribution is 5.16. The Balaban J connectivity index is 1.77. The number of benzene rings is 1. The van der Waals surface area contributed by atoms with Gasteiger partial charge < -0.3 is 14.4 Å². The van der Waals surface area contributed by atoms with E-state index in [4.69, 9.17) is 4.74 Å². The lowest BCUT2D eigenvalue weighted by atomic mass is 10.2. The van der Waals surface area contributed by atoms with Gasteiger partial charge >= 0.3 is 0 Å². The molecule has 0 aliphatic carbocycles. The highest BCUT2D eigenvalue weighted by atomic mass is 19.1. The second-order valence-electron chi connectivity index (χ2n) is 4.39. The Morgan fingerprint density at radius 1 is 1.42 bits per heavy atom. The lowest BCUT2D eigenvalue weighted by molar-refractivity contribution is 0.0192. The van der Waals surface area contributed by atoms with Gasteiger partial charge in [-0.2, -0.15) is 0 Å². The number of ether oxygens (including phenoxy) is 1. The smallest absolute Gasteiger partial charge is 0.128 e. The fourth-order valence-corrected chi connectivity index (χ4v) is 1.80. The topological polar surface area (TPSA) is 47.3 Å². The summed E-state index contributed by atoms with van der Waals surface area (Å²) >= 11 is 0. The molecule has 2 rings (SSSR count). The van der Waals surface area contributed by atoms with E-state index in [1.807, 2.05) is 11.5 Å². The predicted molar refractivity (Wildman–Crippen MR) is 69.0 cm³/mol. The van der Waals surface area contributed by atoms with Gasteiger partial charge in [0.2, 0.25) is 0 Å². The van der Waals surface area contributed by atoms with E-state index in [1.165, 1.54) is 6.07 Å². The van der Waals surface area contributed by atoms with E-state index in [9.17, 15) is 9.50 Å². The lowest BCUT2D eigenvalue weighted by Crippen LogP contribution is -2.22. The molecule has 0 radical (unpaired) electrons. The van der Waals surface area contributed by atoms with Crippen molar-refractivity contribution in [3.63, 3.8) is 0 Å². The van der Waals surface area contributed by atoms with Gasteiger partial charge in [-0.15, -0.1) is 0 Å². The third-order valence-electron chi connectivity index (χ3n) is 2.86. The van der Waals surface area contributed by atoms with Crippen molar-refractivity contribution in [1.82, 2.24) is 9.55 Å². The third kappa shape index (κ3) is 3.87. The van der Waals surface area contributed by atoms with E-state index in [-0.39, 0.29) is 19.0 Å². The summed E-state index contributed by atoms with van der Waals surface area (Å²) in [7, 11) is 0. The number of hydrogen-bond acceptors (Lipinski definition) is 3. The largest absolute Gasteiger partial charge is 0.389 e. The van der Waals surface area contributed by atoms with Gasteiger partial charge in [0.05, 0.1) is 25.9 Å². The average Bonchev–Trinajstić information content (AvgIpc) is 2.77. The molecule has 1 aromatic heterocycles. The van der Waals surface area contributed by atoms with Crippen molar-refractivity contribution in [2.24, 2.45) is 0 Å². The number of hydrogen-bond donors (Lipinski definition) is 1. The quantitative estimate of drug-likeness (QED) is 0.867. The molecule has 1 aromatic carbocycles. The van der Waals surface area contributed by atoms with Crippen molar-refractivity contribution >= 4 is 0 Å². The van der Waals surface area contributed by atoms with E-state index in [0.29, 0.717) is 12.1 Å². The highest BCUT2D eigenvalue weighted by Crippen LogP contribution is 2.08. The molecule has 5 heteroatoms. The molecule has 0 unspecified atom stereocenters. The van der Waals surface area contributed by atoms with Crippen LogP contribution in [0.1, 0.15) is 11.4 Å². The molecule has 0 aliphatic heterocycles. The van der Waals surface area contributed by atoms with E-state index < -0.39 is 6.10 Å². The molecule has 0 spiro atoms. The summed E-state index contributed by atoms with van der Waals surface area (Å²) in [5.41, 5.74) is 0.494. The molecule has 0 aliphatic rings. The van der Waals surface area contributed by atoms with Crippen LogP contribution in [0.15, 0.2) is 36.7 Å². The van der Waals surface area contributed by atoms with Crippen molar-refractivity contribution in [2.45, 2.75) is 26.2 Å². The van der Waals surface area contributed by atoms with Gasteiger partial charge in [-0.3, -0.25) is 0 Å². The first-order valence-corrected chi connectivity index (χ1v) is 6.14. The molecule has 0 bridgehead atoms. The summed E-state index contributed by atoms with van der Waals surface area (Å²) in [6, 6.07) is 6.45. The van der Waals surface area contributed by atoms with Crippen LogP contribution < -0.4 is 0 Å². The number of halogens is 1. The zero-order valence-corrected chi connectivity index (χ0v) is 10.8. The summed E-state index contributed by atoms with van der Waals surface area (Å²) in [5, 5.41) is 9.83. The summed E-state index contributed by atoms with van der Waals surface area (Å²) in [5.74, 6) is 0.551. The van der Waals surface area contributed by atoms with Crippen molar-refractivity contribution < 1.29 is 14.2 Å². The standard InChI is InChI=1S/C14H17FN2O2/c1-11-16-6-7-17(11)8-13(18)10-19-9-12-4-2-3-5-14(12)15/h2-7,13,18H,8-10H2,1H3/t13-/m0/s1. The number of imidazole rings is 1. The molecule has 0 saturated heterocycles. The minimum Gasteiger partial charge on any atom is -0.389 e. The number of aliphatic hydroxyl groups excluding tert-OH is 1. The molecule has 1 atom stereocenters. The van der Waals surface area contributed by atoms with Gasteiger partial charge in [0.15, 0.2) is 0 Å². The van der Waals surface area contributed by atoms with Crippen molar-refractivity contribution in [3.8, 4) is 0 Å². The molecule has 102 valence electrons. The molecule has 1 heterocycles. The van der Waals surface area contributed by atoms with Crippen LogP contribution in [0.2, 0.25) is 0 Å². The van der Waals surface area contributed by atoms with Gasteiger partial charge in [0.1, 0.15) is 11.6 Å². The number of nitrogens with zero attached hydrogens (tertiary/aromatic N) is 2. The Labute approximate surface area is 111 Å². The second-order valence-corrected chi connectivity index (χ2v) is 4.39. The molecule has 0 fully saturated rings. The van der Waals surface area contributed by atoms with Crippen LogP contribution >= 0.6 is 0 Å². The first-order valence-electron chi connectivity index (χ1n) is 6.14. The molecule has 4 nitrogen and oxygen atoms in total. The Kier molecular flexibility index (Phi) is 4.65. The SMILES string of the molecule is Cc1nccn1C[C@H](O)COCc1ccccc1F. The minimum atomic E-state index is -0.639. The third-order valence-corrected chi connectivity index (χ3v) is 2.86. The zero-order chi connectivity index (χ0) is 13.7. The first-order chi connectivity index (χ1) is 9.16. The Hall–Kier alpha value is -1.72. The number of aliphatic hydroxyl groups is 1. The molecule has 0 amide bonds. The van der Waals surface area contributed by atoms with E-state index >= 15 is 0 Å². The van der Waals surface area contributed by atoms with Crippen LogP contribution in [0.4, 0.5) is 4.39 Å². The fraction of sp³-hybridized carbons (Fsp3) is 0.357. The predicted octanol–water partition coefficient (Wildman–Crippen LogP) is 1.91. The Morgan fingerprint density at radius 3 is 2.89 bits per heavy atom. The Bertz CT molecular complexity index is 528. The molecular weight excluding hydrogens is 247 g/mol. The maximum absolute atomic E-state index is 13.3. The van der Waals surface area contributed by atoms with Crippen molar-refractivity contribution in [1.29, 1.82) is 0 Å². The average molecular weight is 264 g/mol. The van der Waals surface area contributed by atoms with Crippen LogP contribution in [0.25, 0.3) is 0 Å². The van der Waals surface area contributed by atoms with E-state index in [1.54, 1.807) is 30.6 Å². The van der Waals surface area contributed by atoms with E-state index in [0.717, 1.165) is 5.82 Å². The summed E-state index contributed by atoms with van der Waals surface area (Å²) in [4.78, 5) is 4.07. The van der Waals surface area contributed by atoms with Crippen LogP contribution in [-0.2, 0) is 17.9 Å². The molecular formula is C14H17FN2O2. The molecule has 2 aromatic rings. The van der Waals surface area contributed by atoms with Crippen LogP contribution in [0.5, 0.6) is 0 Å². The van der Waals surface area contributed by atoms with Crippen molar-refractivity contribution in [2.75, 3.05) is 6.61 Å².